The van der Waals surface area contributed by atoms with E-state index in [2.05, 4.69) is 5.32 Å². The summed E-state index contributed by atoms with van der Waals surface area (Å²) in [5, 5.41) is 3.25. The van der Waals surface area contributed by atoms with Crippen molar-refractivity contribution in [3.8, 4) is 0 Å². The molecular weight excluding hydrogens is 619 g/mol. The van der Waals surface area contributed by atoms with Crippen LogP contribution in [0.15, 0.2) is 114 Å². The third-order valence-electron chi connectivity index (χ3n) is 6.43. The van der Waals surface area contributed by atoms with E-state index >= 15 is 0 Å². The van der Waals surface area contributed by atoms with Gasteiger partial charge in [-0.15, -0.1) is 23.2 Å². The third kappa shape index (κ3) is 6.97. The van der Waals surface area contributed by atoms with Gasteiger partial charge in [-0.2, -0.15) is 4.31 Å². The standard InChI is InChI=1S/C30H25ClN2O5S.CH2Cl2/c1-21-15-17-26(18-16-21)39(36,37)33-28(23-11-6-3-7-12-23)38-30(29(33)35,20-22-9-4-2-5-10-22)32-27(34)24-13-8-14-25(31)19-24;2-1-3/h2-19,28H,20H2,1H3,(H,32,34);1H2/t28-,30-;/m0./s1. The average Bonchev–Trinajstić information content (AvgIpc) is 3.26. The molecule has 11 heteroatoms. The van der Waals surface area contributed by atoms with Crippen molar-refractivity contribution < 1.29 is 22.7 Å². The van der Waals surface area contributed by atoms with E-state index in [1.165, 1.54) is 18.2 Å². The largest absolute Gasteiger partial charge is 0.317 e. The fraction of sp³-hybridized carbons (Fsp3) is 0.161. The van der Waals surface area contributed by atoms with Gasteiger partial charge in [-0.25, -0.2) is 8.42 Å². The average molecular weight is 646 g/mol. The lowest BCUT2D eigenvalue weighted by molar-refractivity contribution is -0.138. The number of benzene rings is 4. The van der Waals surface area contributed by atoms with E-state index in [0.29, 0.717) is 16.1 Å². The van der Waals surface area contributed by atoms with Gasteiger partial charge in [0.25, 0.3) is 21.8 Å². The molecule has 0 unspecified atom stereocenters. The fourth-order valence-corrected chi connectivity index (χ4v) is 6.15. The Balaban J connectivity index is 0.00000129. The molecule has 2 atom stereocenters. The lowest BCUT2D eigenvalue weighted by atomic mass is 10.0. The summed E-state index contributed by atoms with van der Waals surface area (Å²) in [5.74, 6) is -1.54. The monoisotopic (exact) mass is 644 g/mol. The van der Waals surface area contributed by atoms with Crippen LogP contribution in [0.5, 0.6) is 0 Å². The van der Waals surface area contributed by atoms with E-state index in [-0.39, 0.29) is 22.2 Å². The van der Waals surface area contributed by atoms with Gasteiger partial charge in [0.15, 0.2) is 6.23 Å². The molecule has 0 aromatic heterocycles. The van der Waals surface area contributed by atoms with Crippen molar-refractivity contribution in [3.05, 3.63) is 136 Å². The molecule has 1 aliphatic heterocycles. The fourth-order valence-electron chi connectivity index (χ4n) is 4.47. The molecule has 1 aliphatic rings. The first-order chi connectivity index (χ1) is 20.1. The second-order valence-corrected chi connectivity index (χ2v) is 12.4. The van der Waals surface area contributed by atoms with Gasteiger partial charge in [0.1, 0.15) is 0 Å². The minimum absolute atomic E-state index is 0.0670. The molecule has 5 rings (SSSR count). The van der Waals surface area contributed by atoms with E-state index in [9.17, 15) is 18.0 Å². The van der Waals surface area contributed by atoms with Crippen LogP contribution >= 0.6 is 34.8 Å². The molecule has 0 radical (unpaired) electrons. The zero-order valence-electron chi connectivity index (χ0n) is 22.4. The summed E-state index contributed by atoms with van der Waals surface area (Å²) in [6.07, 6.45) is -1.43. The number of ether oxygens (including phenoxy) is 1. The number of hydrogen-bond acceptors (Lipinski definition) is 5. The van der Waals surface area contributed by atoms with Crippen molar-refractivity contribution in [1.29, 1.82) is 0 Å². The minimum atomic E-state index is -4.39. The lowest BCUT2D eigenvalue weighted by Gasteiger charge is -2.27. The lowest BCUT2D eigenvalue weighted by Crippen LogP contribution is -2.57. The van der Waals surface area contributed by atoms with Crippen molar-refractivity contribution in [2.75, 3.05) is 5.34 Å². The first kappa shape index (κ1) is 31.5. The topological polar surface area (TPSA) is 92.8 Å². The first-order valence-corrected chi connectivity index (χ1v) is 15.6. The number of halogens is 3. The molecular formula is C31H27Cl3N2O5S. The molecule has 1 heterocycles. The maximum Gasteiger partial charge on any atom is 0.292 e. The van der Waals surface area contributed by atoms with Crippen LogP contribution in [-0.4, -0.2) is 35.6 Å². The highest BCUT2D eigenvalue weighted by molar-refractivity contribution is 7.89. The molecule has 0 bridgehead atoms. The zero-order valence-corrected chi connectivity index (χ0v) is 25.5. The van der Waals surface area contributed by atoms with Crippen LogP contribution in [0.2, 0.25) is 5.02 Å². The SMILES string of the molecule is Cc1ccc(S(=O)(=O)N2C(=O)[C@@](Cc3ccccc3)(NC(=O)c3cccc(Cl)c3)O[C@H]2c2ccccc2)cc1.ClCCl. The van der Waals surface area contributed by atoms with Crippen molar-refractivity contribution >= 4 is 56.6 Å². The van der Waals surface area contributed by atoms with E-state index in [4.69, 9.17) is 39.5 Å². The Morgan fingerprint density at radius 2 is 1.50 bits per heavy atom. The summed E-state index contributed by atoms with van der Waals surface area (Å²) in [5.41, 5.74) is 0.137. The van der Waals surface area contributed by atoms with Crippen LogP contribution in [0, 0.1) is 6.92 Å². The van der Waals surface area contributed by atoms with Crippen LogP contribution in [0.1, 0.15) is 33.3 Å². The van der Waals surface area contributed by atoms with Gasteiger partial charge in [0, 0.05) is 22.6 Å². The van der Waals surface area contributed by atoms with Crippen molar-refractivity contribution in [1.82, 2.24) is 9.62 Å². The molecule has 1 saturated heterocycles. The van der Waals surface area contributed by atoms with Gasteiger partial charge in [0.2, 0.25) is 5.72 Å². The Labute approximate surface area is 260 Å². The molecule has 2 amide bonds. The number of nitrogens with one attached hydrogen (secondary N) is 1. The maximum absolute atomic E-state index is 14.3. The van der Waals surface area contributed by atoms with E-state index < -0.39 is 33.8 Å². The number of nitrogens with zero attached hydrogens (tertiary/aromatic N) is 1. The van der Waals surface area contributed by atoms with Gasteiger partial charge < -0.3 is 10.1 Å². The van der Waals surface area contributed by atoms with Crippen molar-refractivity contribution in [3.63, 3.8) is 0 Å². The predicted molar refractivity (Wildman–Crippen MR) is 164 cm³/mol. The minimum Gasteiger partial charge on any atom is -0.317 e. The number of carbonyl (C=O) groups is 2. The number of alkyl halides is 2. The summed E-state index contributed by atoms with van der Waals surface area (Å²) in [6.45, 7) is 1.84. The number of aryl methyl sites for hydroxylation is 1. The van der Waals surface area contributed by atoms with Gasteiger partial charge in [0.05, 0.1) is 10.2 Å². The maximum atomic E-state index is 14.3. The second kappa shape index (κ2) is 13.7. The molecule has 0 spiro atoms. The number of sulfonamides is 1. The first-order valence-electron chi connectivity index (χ1n) is 12.7. The summed E-state index contributed by atoms with van der Waals surface area (Å²) in [7, 11) is -4.39. The number of rotatable bonds is 7. The van der Waals surface area contributed by atoms with Gasteiger partial charge in [-0.3, -0.25) is 9.59 Å². The number of carbonyl (C=O) groups excluding carboxylic acids is 2. The second-order valence-electron chi connectivity index (χ2n) is 9.35. The third-order valence-corrected chi connectivity index (χ3v) is 8.41. The molecule has 42 heavy (non-hydrogen) atoms. The zero-order chi connectivity index (χ0) is 30.3. The number of amides is 2. The van der Waals surface area contributed by atoms with Crippen molar-refractivity contribution in [2.45, 2.75) is 30.2 Å². The highest BCUT2D eigenvalue weighted by atomic mass is 35.5. The molecule has 218 valence electrons. The van der Waals surface area contributed by atoms with Crippen LogP contribution in [0.25, 0.3) is 0 Å². The Hall–Kier alpha value is -3.40. The van der Waals surface area contributed by atoms with Crippen LogP contribution in [0.3, 0.4) is 0 Å². The highest BCUT2D eigenvalue weighted by Gasteiger charge is 2.58. The molecule has 0 saturated carbocycles. The van der Waals surface area contributed by atoms with E-state index in [1.807, 2.05) is 13.0 Å². The Morgan fingerprint density at radius 1 is 0.905 bits per heavy atom. The molecule has 0 aliphatic carbocycles. The van der Waals surface area contributed by atoms with E-state index in [0.717, 1.165) is 9.87 Å². The van der Waals surface area contributed by atoms with Gasteiger partial charge >= 0.3 is 0 Å². The quantitative estimate of drug-likeness (QED) is 0.226. The van der Waals surface area contributed by atoms with Gasteiger partial charge in [-0.1, -0.05) is 96.0 Å². The Kier molecular flexibility index (Phi) is 10.3. The molecule has 1 N–H and O–H groups in total. The highest BCUT2D eigenvalue weighted by Crippen LogP contribution is 2.42. The molecule has 7 nitrogen and oxygen atoms in total. The Morgan fingerprint density at radius 3 is 2.10 bits per heavy atom. The number of hydrogen-bond donors (Lipinski definition) is 1. The smallest absolute Gasteiger partial charge is 0.292 e. The predicted octanol–water partition coefficient (Wildman–Crippen LogP) is 6.69. The van der Waals surface area contributed by atoms with Crippen molar-refractivity contribution in [2.24, 2.45) is 0 Å². The molecule has 4 aromatic rings. The summed E-state index contributed by atoms with van der Waals surface area (Å²) < 4.78 is 35.0. The van der Waals surface area contributed by atoms with Crippen LogP contribution in [0.4, 0.5) is 0 Å². The van der Waals surface area contributed by atoms with E-state index in [1.54, 1.807) is 84.9 Å². The van der Waals surface area contributed by atoms with Gasteiger partial charge in [-0.05, 0) is 42.8 Å². The van der Waals surface area contributed by atoms with Crippen LogP contribution < -0.4 is 5.32 Å². The summed E-state index contributed by atoms with van der Waals surface area (Å²) in [4.78, 5) is 27.7. The Bertz CT molecular complexity index is 1640. The summed E-state index contributed by atoms with van der Waals surface area (Å²) >= 11 is 15.6. The molecule has 1 fully saturated rings. The van der Waals surface area contributed by atoms with Crippen LogP contribution in [-0.2, 0) is 26.0 Å². The summed E-state index contributed by atoms with van der Waals surface area (Å²) in [6, 6.07) is 30.0. The molecule has 4 aromatic carbocycles. The normalized spacial score (nSPS) is 18.2.